The molecular formula is C13H23NO. The summed E-state index contributed by atoms with van der Waals surface area (Å²) in [5.74, 6) is 1.79. The van der Waals surface area contributed by atoms with Gasteiger partial charge in [0.1, 0.15) is 5.78 Å². The van der Waals surface area contributed by atoms with E-state index >= 15 is 0 Å². The van der Waals surface area contributed by atoms with Crippen LogP contribution < -0.4 is 0 Å². The van der Waals surface area contributed by atoms with Gasteiger partial charge in [-0.05, 0) is 51.1 Å². The highest BCUT2D eigenvalue weighted by atomic mass is 16.1. The summed E-state index contributed by atoms with van der Waals surface area (Å²) in [5.41, 5.74) is 0. The number of likely N-dealkylation sites (tertiary alicyclic amines) is 1. The minimum absolute atomic E-state index is 0.405. The Bertz CT molecular complexity index is 227. The van der Waals surface area contributed by atoms with Gasteiger partial charge in [-0.2, -0.15) is 0 Å². The molecule has 2 rings (SSSR count). The molecule has 2 heteroatoms. The highest BCUT2D eigenvalue weighted by Gasteiger charge is 2.25. The fourth-order valence-corrected chi connectivity index (χ4v) is 3.02. The van der Waals surface area contributed by atoms with Gasteiger partial charge in [0, 0.05) is 18.9 Å². The van der Waals surface area contributed by atoms with Crippen LogP contribution in [0.25, 0.3) is 0 Å². The quantitative estimate of drug-likeness (QED) is 0.711. The third-order valence-corrected chi connectivity index (χ3v) is 3.97. The van der Waals surface area contributed by atoms with E-state index in [4.69, 9.17) is 0 Å². The summed E-state index contributed by atoms with van der Waals surface area (Å²) in [6.07, 6.45) is 6.99. The van der Waals surface area contributed by atoms with E-state index in [2.05, 4.69) is 11.8 Å². The standard InChI is InChI=1S/C13H23NO/c1-11-4-3-8-14(10-11)9-7-12-5-2-6-13(12)15/h11-12H,2-10H2,1H3. The Morgan fingerprint density at radius 2 is 2.20 bits per heavy atom. The summed E-state index contributed by atoms with van der Waals surface area (Å²) in [5, 5.41) is 0. The highest BCUT2D eigenvalue weighted by molar-refractivity contribution is 5.82. The summed E-state index contributed by atoms with van der Waals surface area (Å²) in [4.78, 5) is 14.0. The first-order valence-electron chi connectivity index (χ1n) is 6.51. The number of hydrogen-bond acceptors (Lipinski definition) is 2. The van der Waals surface area contributed by atoms with Crippen molar-refractivity contribution >= 4 is 5.78 Å². The minimum Gasteiger partial charge on any atom is -0.303 e. The fraction of sp³-hybridized carbons (Fsp3) is 0.923. The Morgan fingerprint density at radius 3 is 2.87 bits per heavy atom. The molecule has 1 saturated carbocycles. The lowest BCUT2D eigenvalue weighted by Gasteiger charge is -2.31. The highest BCUT2D eigenvalue weighted by Crippen LogP contribution is 2.25. The largest absolute Gasteiger partial charge is 0.303 e. The van der Waals surface area contributed by atoms with Gasteiger partial charge in [0.15, 0.2) is 0 Å². The lowest BCUT2D eigenvalue weighted by Crippen LogP contribution is -2.35. The zero-order valence-electron chi connectivity index (χ0n) is 9.87. The molecule has 0 aromatic heterocycles. The number of Topliss-reactive ketones (excluding diaryl/α,β-unsaturated/α-hetero) is 1. The van der Waals surface area contributed by atoms with Gasteiger partial charge in [-0.25, -0.2) is 0 Å². The van der Waals surface area contributed by atoms with E-state index in [0.717, 1.165) is 38.1 Å². The van der Waals surface area contributed by atoms with Crippen molar-refractivity contribution in [3.05, 3.63) is 0 Å². The monoisotopic (exact) mass is 209 g/mol. The van der Waals surface area contributed by atoms with Crippen LogP contribution in [0.15, 0.2) is 0 Å². The van der Waals surface area contributed by atoms with E-state index in [0.29, 0.717) is 11.7 Å². The van der Waals surface area contributed by atoms with Gasteiger partial charge in [0.2, 0.25) is 0 Å². The molecule has 2 fully saturated rings. The van der Waals surface area contributed by atoms with Crippen molar-refractivity contribution in [2.24, 2.45) is 11.8 Å². The lowest BCUT2D eigenvalue weighted by molar-refractivity contribution is -0.120. The zero-order chi connectivity index (χ0) is 10.7. The molecule has 0 amide bonds. The minimum atomic E-state index is 0.405. The van der Waals surface area contributed by atoms with Gasteiger partial charge < -0.3 is 4.90 Å². The number of carbonyl (C=O) groups excluding carboxylic acids is 1. The third-order valence-electron chi connectivity index (χ3n) is 3.97. The van der Waals surface area contributed by atoms with E-state index in [1.807, 2.05) is 0 Å². The SMILES string of the molecule is CC1CCCN(CCC2CCCC2=O)C1. The van der Waals surface area contributed by atoms with Crippen molar-refractivity contribution < 1.29 is 4.79 Å². The molecule has 1 saturated heterocycles. The second-order valence-corrected chi connectivity index (χ2v) is 5.39. The van der Waals surface area contributed by atoms with Crippen molar-refractivity contribution in [3.8, 4) is 0 Å². The molecule has 2 aliphatic rings. The van der Waals surface area contributed by atoms with Crippen LogP contribution in [0.5, 0.6) is 0 Å². The van der Waals surface area contributed by atoms with Gasteiger partial charge in [-0.3, -0.25) is 4.79 Å². The molecule has 2 unspecified atom stereocenters. The van der Waals surface area contributed by atoms with Gasteiger partial charge in [-0.15, -0.1) is 0 Å². The summed E-state index contributed by atoms with van der Waals surface area (Å²) in [6.45, 7) is 6.00. The molecular weight excluding hydrogens is 186 g/mol. The Hall–Kier alpha value is -0.370. The summed E-state index contributed by atoms with van der Waals surface area (Å²) in [6, 6.07) is 0. The van der Waals surface area contributed by atoms with Crippen molar-refractivity contribution in [1.29, 1.82) is 0 Å². The Balaban J connectivity index is 1.70. The van der Waals surface area contributed by atoms with Crippen LogP contribution in [0.1, 0.15) is 45.4 Å². The average Bonchev–Trinajstić information content (AvgIpc) is 2.61. The molecule has 0 N–H and O–H groups in total. The van der Waals surface area contributed by atoms with Crippen molar-refractivity contribution in [3.63, 3.8) is 0 Å². The van der Waals surface area contributed by atoms with Crippen LogP contribution in [0.2, 0.25) is 0 Å². The number of carbonyl (C=O) groups is 1. The number of piperidine rings is 1. The molecule has 0 spiro atoms. The average molecular weight is 209 g/mol. The molecule has 0 aromatic rings. The Kier molecular flexibility index (Phi) is 3.79. The zero-order valence-corrected chi connectivity index (χ0v) is 9.87. The lowest BCUT2D eigenvalue weighted by atomic mass is 9.98. The van der Waals surface area contributed by atoms with Crippen LogP contribution >= 0.6 is 0 Å². The maximum absolute atomic E-state index is 11.5. The van der Waals surface area contributed by atoms with Crippen LogP contribution in [0.4, 0.5) is 0 Å². The molecule has 1 aliphatic heterocycles. The van der Waals surface area contributed by atoms with Gasteiger partial charge in [0.25, 0.3) is 0 Å². The number of rotatable bonds is 3. The van der Waals surface area contributed by atoms with Crippen molar-refractivity contribution in [1.82, 2.24) is 4.90 Å². The first-order chi connectivity index (χ1) is 7.25. The van der Waals surface area contributed by atoms with Gasteiger partial charge in [-0.1, -0.05) is 6.92 Å². The van der Waals surface area contributed by atoms with Gasteiger partial charge >= 0.3 is 0 Å². The van der Waals surface area contributed by atoms with E-state index in [-0.39, 0.29) is 0 Å². The Labute approximate surface area is 93.0 Å². The molecule has 0 aromatic carbocycles. The maximum atomic E-state index is 11.5. The van der Waals surface area contributed by atoms with E-state index in [1.54, 1.807) is 0 Å². The third kappa shape index (κ3) is 3.04. The molecule has 1 aliphatic carbocycles. The van der Waals surface area contributed by atoms with Gasteiger partial charge in [0.05, 0.1) is 0 Å². The first kappa shape index (κ1) is 11.1. The first-order valence-corrected chi connectivity index (χ1v) is 6.51. The molecule has 2 atom stereocenters. The predicted octanol–water partition coefficient (Wildman–Crippen LogP) is 2.48. The number of ketones is 1. The summed E-state index contributed by atoms with van der Waals surface area (Å²) in [7, 11) is 0. The number of nitrogens with zero attached hydrogens (tertiary/aromatic N) is 1. The topological polar surface area (TPSA) is 20.3 Å². The second-order valence-electron chi connectivity index (χ2n) is 5.39. The van der Waals surface area contributed by atoms with Crippen molar-refractivity contribution in [2.45, 2.75) is 45.4 Å². The second kappa shape index (κ2) is 5.11. The van der Waals surface area contributed by atoms with E-state index in [9.17, 15) is 4.79 Å². The smallest absolute Gasteiger partial charge is 0.136 e. The van der Waals surface area contributed by atoms with E-state index < -0.39 is 0 Å². The molecule has 2 nitrogen and oxygen atoms in total. The molecule has 86 valence electrons. The van der Waals surface area contributed by atoms with Crippen LogP contribution in [-0.4, -0.2) is 30.3 Å². The number of hydrogen-bond donors (Lipinski definition) is 0. The van der Waals surface area contributed by atoms with E-state index in [1.165, 1.54) is 25.9 Å². The molecule has 0 bridgehead atoms. The maximum Gasteiger partial charge on any atom is 0.136 e. The normalized spacial score (nSPS) is 33.5. The molecule has 15 heavy (non-hydrogen) atoms. The van der Waals surface area contributed by atoms with Crippen molar-refractivity contribution in [2.75, 3.05) is 19.6 Å². The van der Waals surface area contributed by atoms with Crippen LogP contribution in [0.3, 0.4) is 0 Å². The molecule has 1 heterocycles. The molecule has 0 radical (unpaired) electrons. The van der Waals surface area contributed by atoms with Crippen LogP contribution in [0, 0.1) is 11.8 Å². The predicted molar refractivity (Wildman–Crippen MR) is 61.8 cm³/mol. The summed E-state index contributed by atoms with van der Waals surface area (Å²) >= 11 is 0. The fourth-order valence-electron chi connectivity index (χ4n) is 3.02. The van der Waals surface area contributed by atoms with Crippen LogP contribution in [-0.2, 0) is 4.79 Å². The Morgan fingerprint density at radius 1 is 1.33 bits per heavy atom. The summed E-state index contributed by atoms with van der Waals surface area (Å²) < 4.78 is 0.